The number of carbonyl (C=O) groups excluding carboxylic acids is 2. The number of non-ortho nitro benzene ring substituents is 1. The highest BCUT2D eigenvalue weighted by Gasteiger charge is 2.21. The van der Waals surface area contributed by atoms with E-state index in [4.69, 9.17) is 23.2 Å². The summed E-state index contributed by atoms with van der Waals surface area (Å²) in [5.41, 5.74) is 0.391. The summed E-state index contributed by atoms with van der Waals surface area (Å²) in [7, 11) is 0. The van der Waals surface area contributed by atoms with E-state index in [-0.39, 0.29) is 28.1 Å². The molecule has 3 rings (SSSR count). The second kappa shape index (κ2) is 11.8. The van der Waals surface area contributed by atoms with E-state index in [1.54, 1.807) is 41.8 Å². The summed E-state index contributed by atoms with van der Waals surface area (Å²) < 4.78 is 1.73. The van der Waals surface area contributed by atoms with Crippen molar-refractivity contribution in [1.82, 2.24) is 20.1 Å². The topological polar surface area (TPSA) is 132 Å². The molecule has 13 heteroatoms. The third kappa shape index (κ3) is 6.81. The number of hydrogen-bond acceptors (Lipinski definition) is 7. The average molecular weight is 535 g/mol. The first-order valence-electron chi connectivity index (χ1n) is 10.2. The minimum Gasteiger partial charge on any atom is -0.342 e. The fourth-order valence-corrected chi connectivity index (χ4v) is 4.06. The maximum Gasteiger partial charge on any atom is 0.271 e. The highest BCUT2D eigenvalue weighted by Crippen LogP contribution is 2.27. The van der Waals surface area contributed by atoms with E-state index in [9.17, 15) is 19.7 Å². The molecule has 2 N–H and O–H groups in total. The number of halogens is 2. The van der Waals surface area contributed by atoms with Crippen LogP contribution in [0.4, 0.5) is 11.4 Å². The smallest absolute Gasteiger partial charge is 0.271 e. The molecule has 0 unspecified atom stereocenters. The van der Waals surface area contributed by atoms with E-state index in [0.717, 1.165) is 11.8 Å². The molecule has 0 spiro atoms. The zero-order valence-corrected chi connectivity index (χ0v) is 20.7. The van der Waals surface area contributed by atoms with Crippen molar-refractivity contribution in [3.8, 4) is 0 Å². The average Bonchev–Trinajstić information content (AvgIpc) is 3.22. The number of nitrogens with one attached hydrogen (secondary N) is 2. The van der Waals surface area contributed by atoms with Gasteiger partial charge in [0, 0.05) is 29.3 Å². The lowest BCUT2D eigenvalue weighted by atomic mass is 10.2. The molecule has 0 aliphatic rings. The van der Waals surface area contributed by atoms with Gasteiger partial charge in [0.1, 0.15) is 0 Å². The summed E-state index contributed by atoms with van der Waals surface area (Å²) in [5, 5.41) is 25.9. The molecule has 0 bridgehead atoms. The predicted octanol–water partition coefficient (Wildman–Crippen LogP) is 4.90. The van der Waals surface area contributed by atoms with Crippen LogP contribution in [-0.2, 0) is 11.3 Å². The molecular weight excluding hydrogens is 515 g/mol. The lowest BCUT2D eigenvalue weighted by Crippen LogP contribution is -2.28. The van der Waals surface area contributed by atoms with Crippen LogP contribution in [0, 0.1) is 10.1 Å². The van der Waals surface area contributed by atoms with Crippen molar-refractivity contribution < 1.29 is 14.5 Å². The number of nitro benzene ring substituents is 1. The molecule has 0 saturated heterocycles. The van der Waals surface area contributed by atoms with Crippen molar-refractivity contribution in [3.05, 3.63) is 86.7 Å². The highest BCUT2D eigenvalue weighted by molar-refractivity contribution is 7.99. The van der Waals surface area contributed by atoms with Crippen LogP contribution in [0.5, 0.6) is 0 Å². The van der Waals surface area contributed by atoms with Crippen LogP contribution in [0.2, 0.25) is 10.0 Å². The standard InChI is InChI=1S/C22H20Cl2N6O4S/c1-3-10-29-20(13(2)25-21(32)14-4-6-15(23)7-5-14)27-28-22(29)35-12-19(31)26-18-11-16(30(33)34)8-9-17(18)24/h3-9,11,13H,1,10,12H2,2H3,(H,25,32)(H,26,31)/t13-/m1/s1. The van der Waals surface area contributed by atoms with Crippen LogP contribution in [-0.4, -0.2) is 37.3 Å². The number of thioether (sulfide) groups is 1. The molecule has 1 aromatic heterocycles. The number of rotatable bonds is 10. The zero-order valence-electron chi connectivity index (χ0n) is 18.4. The normalized spacial score (nSPS) is 11.5. The number of carbonyl (C=O) groups is 2. The lowest BCUT2D eigenvalue weighted by molar-refractivity contribution is -0.384. The Bertz CT molecular complexity index is 1270. The third-order valence-electron chi connectivity index (χ3n) is 4.67. The van der Waals surface area contributed by atoms with Gasteiger partial charge in [-0.1, -0.05) is 41.0 Å². The van der Waals surface area contributed by atoms with Crippen LogP contribution in [0.15, 0.2) is 60.3 Å². The van der Waals surface area contributed by atoms with E-state index in [2.05, 4.69) is 27.4 Å². The summed E-state index contributed by atoms with van der Waals surface area (Å²) in [6.07, 6.45) is 1.65. The monoisotopic (exact) mass is 534 g/mol. The van der Waals surface area contributed by atoms with Gasteiger partial charge in [0.05, 0.1) is 27.4 Å². The number of benzene rings is 2. The summed E-state index contributed by atoms with van der Waals surface area (Å²) >= 11 is 13.0. The van der Waals surface area contributed by atoms with Gasteiger partial charge >= 0.3 is 0 Å². The molecule has 0 aliphatic heterocycles. The van der Waals surface area contributed by atoms with Crippen molar-refractivity contribution in [2.45, 2.75) is 24.7 Å². The van der Waals surface area contributed by atoms with E-state index < -0.39 is 16.9 Å². The molecule has 10 nitrogen and oxygen atoms in total. The van der Waals surface area contributed by atoms with Gasteiger partial charge in [0.25, 0.3) is 11.6 Å². The molecule has 2 aromatic carbocycles. The van der Waals surface area contributed by atoms with E-state index in [1.165, 1.54) is 18.2 Å². The van der Waals surface area contributed by atoms with Gasteiger partial charge in [-0.2, -0.15) is 0 Å². The number of anilines is 1. The summed E-state index contributed by atoms with van der Waals surface area (Å²) in [6.45, 7) is 5.86. The highest BCUT2D eigenvalue weighted by atomic mass is 35.5. The second-order valence-corrected chi connectivity index (χ2v) is 8.99. The number of aromatic nitrogens is 3. The molecule has 1 heterocycles. The largest absolute Gasteiger partial charge is 0.342 e. The Hall–Kier alpha value is -3.41. The van der Waals surface area contributed by atoms with Gasteiger partial charge in [0.15, 0.2) is 11.0 Å². The van der Waals surface area contributed by atoms with Crippen molar-refractivity contribution in [3.63, 3.8) is 0 Å². The molecule has 2 amide bonds. The molecule has 182 valence electrons. The number of nitro groups is 1. The van der Waals surface area contributed by atoms with Gasteiger partial charge < -0.3 is 15.2 Å². The van der Waals surface area contributed by atoms with Crippen molar-refractivity contribution >= 4 is 58.2 Å². The van der Waals surface area contributed by atoms with Crippen molar-refractivity contribution in [2.24, 2.45) is 0 Å². The maximum absolute atomic E-state index is 12.6. The minimum atomic E-state index is -0.576. The molecule has 35 heavy (non-hydrogen) atoms. The van der Waals surface area contributed by atoms with Gasteiger partial charge in [-0.15, -0.1) is 16.8 Å². The van der Waals surface area contributed by atoms with Gasteiger partial charge in [-0.05, 0) is 37.3 Å². The van der Waals surface area contributed by atoms with Crippen LogP contribution < -0.4 is 10.6 Å². The molecule has 0 fully saturated rings. The first-order chi connectivity index (χ1) is 16.7. The number of allylic oxidation sites excluding steroid dienone is 1. The SMILES string of the molecule is C=CCn1c(SCC(=O)Nc2cc([N+](=O)[O-])ccc2Cl)nnc1[C@@H](C)NC(=O)c1ccc(Cl)cc1. The van der Waals surface area contributed by atoms with Crippen LogP contribution >= 0.6 is 35.0 Å². The van der Waals surface area contributed by atoms with Gasteiger partial charge in [-0.3, -0.25) is 19.7 Å². The Balaban J connectivity index is 1.68. The first-order valence-corrected chi connectivity index (χ1v) is 11.9. The van der Waals surface area contributed by atoms with Gasteiger partial charge in [0.2, 0.25) is 5.91 Å². The predicted molar refractivity (Wildman–Crippen MR) is 135 cm³/mol. The summed E-state index contributed by atoms with van der Waals surface area (Å²) in [5.74, 6) is -0.308. The maximum atomic E-state index is 12.6. The molecular formula is C22H20Cl2N6O4S. The quantitative estimate of drug-likeness (QED) is 0.163. The van der Waals surface area contributed by atoms with Crippen LogP contribution in [0.1, 0.15) is 29.1 Å². The Morgan fingerprint density at radius 2 is 1.94 bits per heavy atom. The minimum absolute atomic E-state index is 0.0557. The Kier molecular flexibility index (Phi) is 8.85. The molecule has 0 aliphatic carbocycles. The summed E-state index contributed by atoms with van der Waals surface area (Å²) in [4.78, 5) is 35.4. The zero-order chi connectivity index (χ0) is 25.5. The summed E-state index contributed by atoms with van der Waals surface area (Å²) in [6, 6.07) is 9.78. The van der Waals surface area contributed by atoms with E-state index >= 15 is 0 Å². The van der Waals surface area contributed by atoms with Crippen LogP contribution in [0.3, 0.4) is 0 Å². The number of nitrogens with zero attached hydrogens (tertiary/aromatic N) is 4. The molecule has 1 atom stereocenters. The van der Waals surface area contributed by atoms with Crippen molar-refractivity contribution in [1.29, 1.82) is 0 Å². The lowest BCUT2D eigenvalue weighted by Gasteiger charge is -2.15. The fraction of sp³-hybridized carbons (Fsp3) is 0.182. The van der Waals surface area contributed by atoms with Crippen LogP contribution in [0.25, 0.3) is 0 Å². The van der Waals surface area contributed by atoms with E-state index in [0.29, 0.717) is 28.1 Å². The first kappa shape index (κ1) is 26.2. The molecule has 0 radical (unpaired) electrons. The third-order valence-corrected chi connectivity index (χ3v) is 6.21. The Morgan fingerprint density at radius 1 is 1.23 bits per heavy atom. The number of hydrogen-bond donors (Lipinski definition) is 2. The van der Waals surface area contributed by atoms with E-state index in [1.807, 2.05) is 0 Å². The molecule has 3 aromatic rings. The fourth-order valence-electron chi connectivity index (χ4n) is 3.01. The Labute approximate surface area is 214 Å². The molecule has 0 saturated carbocycles. The number of amides is 2. The van der Waals surface area contributed by atoms with Crippen molar-refractivity contribution in [2.75, 3.05) is 11.1 Å². The second-order valence-electron chi connectivity index (χ2n) is 7.20. The van der Waals surface area contributed by atoms with Gasteiger partial charge in [-0.25, -0.2) is 0 Å². The Morgan fingerprint density at radius 3 is 2.60 bits per heavy atom.